The highest BCUT2D eigenvalue weighted by Gasteiger charge is 2.19. The molecule has 2 nitrogen and oxygen atoms in total. The fraction of sp³-hybridized carbons (Fsp3) is 0.143. The number of nitrogens with two attached hydrogens (primary N) is 1. The summed E-state index contributed by atoms with van der Waals surface area (Å²) in [7, 11) is 1.57. The van der Waals surface area contributed by atoms with Gasteiger partial charge in [0.25, 0.3) is 0 Å². The first-order chi connectivity index (χ1) is 9.43. The van der Waals surface area contributed by atoms with Crippen LogP contribution in [0.2, 0.25) is 5.02 Å². The maximum Gasteiger partial charge on any atom is 0.138 e. The minimum absolute atomic E-state index is 0.287. The molecule has 0 aliphatic carbocycles. The van der Waals surface area contributed by atoms with Crippen molar-refractivity contribution < 1.29 is 9.13 Å². The van der Waals surface area contributed by atoms with Gasteiger partial charge in [-0.15, -0.1) is 0 Å². The Balaban J connectivity index is 2.55. The van der Waals surface area contributed by atoms with Crippen molar-refractivity contribution in [1.29, 1.82) is 0 Å². The molecular weight excluding hydrogens is 459 g/mol. The summed E-state index contributed by atoms with van der Waals surface area (Å²) in [5.41, 5.74) is 7.86. The molecule has 2 aromatic rings. The Morgan fingerprint density at radius 2 is 2.00 bits per heavy atom. The molecule has 6 heteroatoms. The van der Waals surface area contributed by atoms with E-state index in [1.54, 1.807) is 25.3 Å². The molecule has 0 radical (unpaired) electrons. The van der Waals surface area contributed by atoms with E-state index in [0.717, 1.165) is 19.2 Å². The van der Waals surface area contributed by atoms with Gasteiger partial charge in [0.2, 0.25) is 0 Å². The normalized spacial score (nSPS) is 12.3. The Hall–Kier alpha value is -0.370. The second-order valence-corrected chi connectivity index (χ2v) is 6.61. The highest BCUT2D eigenvalue weighted by Crippen LogP contribution is 2.38. The molecule has 0 aromatic heterocycles. The van der Waals surface area contributed by atoms with Crippen LogP contribution in [0.3, 0.4) is 0 Å². The molecule has 20 heavy (non-hydrogen) atoms. The molecule has 0 heterocycles. The van der Waals surface area contributed by atoms with Gasteiger partial charge in [-0.3, -0.25) is 0 Å². The number of methoxy groups -OCH3 is 1. The molecule has 1 unspecified atom stereocenters. The maximum absolute atomic E-state index is 13.2. The standard InChI is InChI=1S/C14H11BrClFINO/c1-20-14-10(4-7(16)5-11(14)15)13(19)9-3-2-8(17)6-12(9)18/h2-6,13H,19H2,1H3. The number of hydrogen-bond donors (Lipinski definition) is 1. The van der Waals surface area contributed by atoms with Crippen LogP contribution in [0.1, 0.15) is 17.2 Å². The number of rotatable bonds is 3. The van der Waals surface area contributed by atoms with Gasteiger partial charge in [-0.25, -0.2) is 4.39 Å². The molecule has 0 fully saturated rings. The summed E-state index contributed by atoms with van der Waals surface area (Å²) in [6.45, 7) is 0. The fourth-order valence-electron chi connectivity index (χ4n) is 1.95. The van der Waals surface area contributed by atoms with Gasteiger partial charge in [0.1, 0.15) is 11.6 Å². The van der Waals surface area contributed by atoms with E-state index in [0.29, 0.717) is 10.8 Å². The molecule has 0 amide bonds. The zero-order valence-corrected chi connectivity index (χ0v) is 15.0. The Morgan fingerprint density at radius 3 is 2.60 bits per heavy atom. The van der Waals surface area contributed by atoms with Crippen LogP contribution in [0, 0.1) is 9.39 Å². The Morgan fingerprint density at radius 1 is 1.30 bits per heavy atom. The molecule has 106 valence electrons. The first-order valence-corrected chi connectivity index (χ1v) is 7.92. The lowest BCUT2D eigenvalue weighted by molar-refractivity contribution is 0.405. The minimum Gasteiger partial charge on any atom is -0.495 e. The van der Waals surface area contributed by atoms with E-state index in [1.807, 2.05) is 0 Å². The molecule has 2 N–H and O–H groups in total. The smallest absolute Gasteiger partial charge is 0.138 e. The summed E-state index contributed by atoms with van der Waals surface area (Å²) in [5.74, 6) is 0.339. The van der Waals surface area contributed by atoms with E-state index >= 15 is 0 Å². The largest absolute Gasteiger partial charge is 0.495 e. The van der Waals surface area contributed by atoms with Crippen LogP contribution in [-0.2, 0) is 0 Å². The van der Waals surface area contributed by atoms with Crippen molar-refractivity contribution in [3.63, 3.8) is 0 Å². The topological polar surface area (TPSA) is 35.2 Å². The molecule has 0 spiro atoms. The summed E-state index contributed by atoms with van der Waals surface area (Å²) in [5, 5.41) is 0.556. The lowest BCUT2D eigenvalue weighted by atomic mass is 9.98. The SMILES string of the molecule is COc1c(Br)cc(Cl)cc1C(N)c1ccc(F)cc1I. The fourth-order valence-corrected chi connectivity index (χ4v) is 3.76. The summed E-state index contributed by atoms with van der Waals surface area (Å²) in [6, 6.07) is 7.57. The minimum atomic E-state index is -0.451. The molecule has 0 aliphatic heterocycles. The maximum atomic E-state index is 13.2. The van der Waals surface area contributed by atoms with E-state index in [-0.39, 0.29) is 5.82 Å². The quantitative estimate of drug-likeness (QED) is 0.648. The van der Waals surface area contributed by atoms with Gasteiger partial charge in [-0.1, -0.05) is 17.7 Å². The van der Waals surface area contributed by atoms with E-state index in [9.17, 15) is 4.39 Å². The molecule has 2 aromatic carbocycles. The molecule has 1 atom stereocenters. The zero-order chi connectivity index (χ0) is 14.9. The molecular formula is C14H11BrClFINO. The second kappa shape index (κ2) is 6.60. The number of halogens is 4. The third kappa shape index (κ3) is 3.27. The van der Waals surface area contributed by atoms with Crippen LogP contribution in [0.25, 0.3) is 0 Å². The van der Waals surface area contributed by atoms with Crippen LogP contribution < -0.4 is 10.5 Å². The number of hydrogen-bond acceptors (Lipinski definition) is 2. The molecule has 0 aliphatic rings. The summed E-state index contributed by atoms with van der Waals surface area (Å²) >= 11 is 11.5. The first-order valence-electron chi connectivity index (χ1n) is 5.67. The predicted molar refractivity (Wildman–Crippen MR) is 90.9 cm³/mol. The molecule has 2 rings (SSSR count). The van der Waals surface area contributed by atoms with Crippen LogP contribution in [0.5, 0.6) is 5.75 Å². The van der Waals surface area contributed by atoms with Crippen LogP contribution in [0.4, 0.5) is 4.39 Å². The summed E-state index contributed by atoms with van der Waals surface area (Å²) in [4.78, 5) is 0. The average Bonchev–Trinajstić information content (AvgIpc) is 2.37. The first kappa shape index (κ1) is 16.0. The van der Waals surface area contributed by atoms with Crippen molar-refractivity contribution in [2.75, 3.05) is 7.11 Å². The van der Waals surface area contributed by atoms with Gasteiger partial charge in [0.15, 0.2) is 0 Å². The van der Waals surface area contributed by atoms with Crippen molar-refractivity contribution in [3.05, 3.63) is 60.3 Å². The zero-order valence-electron chi connectivity index (χ0n) is 10.5. The van der Waals surface area contributed by atoms with Crippen LogP contribution in [0.15, 0.2) is 34.8 Å². The van der Waals surface area contributed by atoms with Gasteiger partial charge in [-0.05, 0) is 68.3 Å². The highest BCUT2D eigenvalue weighted by atomic mass is 127. The Bertz CT molecular complexity index is 653. The lowest BCUT2D eigenvalue weighted by Crippen LogP contribution is -2.15. The van der Waals surface area contributed by atoms with E-state index < -0.39 is 6.04 Å². The summed E-state index contributed by atoms with van der Waals surface area (Å²) < 4.78 is 20.1. The van der Waals surface area contributed by atoms with Gasteiger partial charge in [0, 0.05) is 14.2 Å². The van der Waals surface area contributed by atoms with E-state index in [2.05, 4.69) is 38.5 Å². The summed E-state index contributed by atoms with van der Waals surface area (Å²) in [6.07, 6.45) is 0. The van der Waals surface area contributed by atoms with Crippen molar-refractivity contribution in [2.45, 2.75) is 6.04 Å². The van der Waals surface area contributed by atoms with Gasteiger partial charge in [0.05, 0.1) is 17.6 Å². The van der Waals surface area contributed by atoms with Crippen molar-refractivity contribution in [1.82, 2.24) is 0 Å². The third-order valence-electron chi connectivity index (χ3n) is 2.87. The Labute approximate surface area is 143 Å². The highest BCUT2D eigenvalue weighted by molar-refractivity contribution is 14.1. The van der Waals surface area contributed by atoms with Crippen LogP contribution >= 0.6 is 50.1 Å². The van der Waals surface area contributed by atoms with Crippen LogP contribution in [-0.4, -0.2) is 7.11 Å². The average molecular weight is 471 g/mol. The third-order valence-corrected chi connectivity index (χ3v) is 4.62. The predicted octanol–water partition coefficient (Wildman–Crippen LogP) is 4.90. The van der Waals surface area contributed by atoms with E-state index in [1.165, 1.54) is 12.1 Å². The van der Waals surface area contributed by atoms with E-state index in [4.69, 9.17) is 22.1 Å². The van der Waals surface area contributed by atoms with Crippen molar-refractivity contribution in [2.24, 2.45) is 5.73 Å². The van der Waals surface area contributed by atoms with Crippen molar-refractivity contribution >= 4 is 50.1 Å². The van der Waals surface area contributed by atoms with Gasteiger partial charge >= 0.3 is 0 Å². The number of benzene rings is 2. The molecule has 0 saturated heterocycles. The molecule has 0 bridgehead atoms. The lowest BCUT2D eigenvalue weighted by Gasteiger charge is -2.19. The monoisotopic (exact) mass is 469 g/mol. The second-order valence-electron chi connectivity index (χ2n) is 4.15. The Kier molecular flexibility index (Phi) is 5.28. The van der Waals surface area contributed by atoms with Gasteiger partial charge < -0.3 is 10.5 Å². The molecule has 0 saturated carbocycles. The van der Waals surface area contributed by atoms with Crippen molar-refractivity contribution in [3.8, 4) is 5.75 Å². The number of ether oxygens (including phenoxy) is 1. The van der Waals surface area contributed by atoms with Gasteiger partial charge in [-0.2, -0.15) is 0 Å².